The highest BCUT2D eigenvalue weighted by molar-refractivity contribution is 6.74. The third-order valence-electron chi connectivity index (χ3n) is 4.19. The van der Waals surface area contributed by atoms with Crippen LogP contribution in [-0.4, -0.2) is 27.0 Å². The molecule has 0 aromatic heterocycles. The average Bonchev–Trinajstić information content (AvgIpc) is 2.19. The second kappa shape index (κ2) is 5.68. The summed E-state index contributed by atoms with van der Waals surface area (Å²) in [6.45, 7) is 16.6. The maximum atomic E-state index is 6.54. The molecule has 1 aliphatic heterocycles. The van der Waals surface area contributed by atoms with Gasteiger partial charge in [-0.3, -0.25) is 0 Å². The third kappa shape index (κ3) is 3.93. The van der Waals surface area contributed by atoms with Crippen molar-refractivity contribution in [3.63, 3.8) is 0 Å². The molecule has 1 rings (SSSR count). The molecule has 2 atom stereocenters. The van der Waals surface area contributed by atoms with E-state index in [0.717, 1.165) is 13.0 Å². The highest BCUT2D eigenvalue weighted by Gasteiger charge is 2.40. The van der Waals surface area contributed by atoms with Crippen molar-refractivity contribution in [1.82, 2.24) is 5.32 Å². The Hall–Kier alpha value is -0.123. The first-order valence-electron chi connectivity index (χ1n) is 6.80. The first kappa shape index (κ1) is 14.9. The van der Waals surface area contributed by atoms with Gasteiger partial charge in [-0.15, -0.1) is 6.58 Å². The second-order valence-electron chi connectivity index (χ2n) is 6.64. The van der Waals surface area contributed by atoms with Crippen LogP contribution in [-0.2, 0) is 4.43 Å². The van der Waals surface area contributed by atoms with E-state index in [1.54, 1.807) is 0 Å². The summed E-state index contributed by atoms with van der Waals surface area (Å²) in [4.78, 5) is 0. The Balaban J connectivity index is 2.67. The highest BCUT2D eigenvalue weighted by Crippen LogP contribution is 2.38. The lowest BCUT2D eigenvalue weighted by molar-refractivity contribution is 0.106. The number of piperidine rings is 1. The molecule has 2 nitrogen and oxygen atoms in total. The molecule has 1 aliphatic rings. The fraction of sp³-hybridized carbons (Fsp3) is 0.857. The number of rotatable bonds is 4. The smallest absolute Gasteiger partial charge is 0.192 e. The normalized spacial score (nSPS) is 26.9. The lowest BCUT2D eigenvalue weighted by atomic mass is 9.99. The van der Waals surface area contributed by atoms with Crippen LogP contribution in [0.5, 0.6) is 0 Å². The topological polar surface area (TPSA) is 21.3 Å². The molecule has 0 saturated carbocycles. The van der Waals surface area contributed by atoms with Gasteiger partial charge in [0.2, 0.25) is 0 Å². The van der Waals surface area contributed by atoms with Gasteiger partial charge in [-0.05, 0) is 43.9 Å². The third-order valence-corrected chi connectivity index (χ3v) is 8.70. The zero-order valence-electron chi connectivity index (χ0n) is 12.2. The van der Waals surface area contributed by atoms with E-state index in [-0.39, 0.29) is 0 Å². The Morgan fingerprint density at radius 2 is 2.06 bits per heavy atom. The average molecular weight is 255 g/mol. The van der Waals surface area contributed by atoms with Crippen molar-refractivity contribution in [3.05, 3.63) is 12.7 Å². The van der Waals surface area contributed by atoms with E-state index in [1.165, 1.54) is 12.8 Å². The lowest BCUT2D eigenvalue weighted by Gasteiger charge is -2.43. The van der Waals surface area contributed by atoms with Gasteiger partial charge in [-0.2, -0.15) is 0 Å². The summed E-state index contributed by atoms with van der Waals surface area (Å²) in [5, 5.41) is 3.86. The molecule has 100 valence electrons. The number of hydrogen-bond acceptors (Lipinski definition) is 2. The zero-order valence-corrected chi connectivity index (χ0v) is 13.2. The van der Waals surface area contributed by atoms with E-state index in [4.69, 9.17) is 4.43 Å². The van der Waals surface area contributed by atoms with Gasteiger partial charge in [0, 0.05) is 6.04 Å². The molecular weight excluding hydrogens is 226 g/mol. The predicted octanol–water partition coefficient (Wildman–Crippen LogP) is 3.70. The molecular formula is C14H29NOSi. The molecule has 1 heterocycles. The summed E-state index contributed by atoms with van der Waals surface area (Å²) in [5.74, 6) is 0. The Morgan fingerprint density at radius 3 is 2.59 bits per heavy atom. The van der Waals surface area contributed by atoms with E-state index in [2.05, 4.69) is 45.8 Å². The Kier molecular flexibility index (Phi) is 4.99. The van der Waals surface area contributed by atoms with Crippen LogP contribution in [0.15, 0.2) is 12.7 Å². The largest absolute Gasteiger partial charge is 0.412 e. The zero-order chi connectivity index (χ0) is 13.1. The van der Waals surface area contributed by atoms with Crippen molar-refractivity contribution < 1.29 is 4.43 Å². The van der Waals surface area contributed by atoms with Crippen LogP contribution in [0.1, 0.15) is 40.0 Å². The maximum absolute atomic E-state index is 6.54. The van der Waals surface area contributed by atoms with Crippen molar-refractivity contribution in [3.8, 4) is 0 Å². The minimum atomic E-state index is -1.64. The summed E-state index contributed by atoms with van der Waals surface area (Å²) in [6.07, 6.45) is 5.82. The molecule has 0 unspecified atom stereocenters. The van der Waals surface area contributed by atoms with E-state index in [9.17, 15) is 0 Å². The van der Waals surface area contributed by atoms with E-state index in [0.29, 0.717) is 17.2 Å². The minimum Gasteiger partial charge on any atom is -0.412 e. The lowest BCUT2D eigenvalue weighted by Crippen LogP contribution is -2.52. The van der Waals surface area contributed by atoms with Crippen LogP contribution in [0.3, 0.4) is 0 Å². The quantitative estimate of drug-likeness (QED) is 0.611. The first-order valence-corrected chi connectivity index (χ1v) is 9.71. The van der Waals surface area contributed by atoms with Crippen molar-refractivity contribution >= 4 is 8.32 Å². The standard InChI is InChI=1S/C14H29NOSi/c1-7-9-12-13(10-8-11-15-12)16-17(5,6)14(2,3)4/h7,12-13,15H,1,8-11H2,2-6H3/t12-,13+/m1/s1. The van der Waals surface area contributed by atoms with E-state index >= 15 is 0 Å². The molecule has 3 heteroatoms. The van der Waals surface area contributed by atoms with E-state index < -0.39 is 8.32 Å². The van der Waals surface area contributed by atoms with Crippen LogP contribution >= 0.6 is 0 Å². The second-order valence-corrected chi connectivity index (χ2v) is 11.4. The minimum absolute atomic E-state index is 0.295. The summed E-state index contributed by atoms with van der Waals surface area (Å²) in [6, 6.07) is 0.468. The SMILES string of the molecule is C=CC[C@H]1NCCC[C@@H]1O[Si](C)(C)C(C)(C)C. The molecule has 1 N–H and O–H groups in total. The van der Waals surface area contributed by atoms with E-state index in [1.807, 2.05) is 6.08 Å². The fourth-order valence-electron chi connectivity index (χ4n) is 2.03. The van der Waals surface area contributed by atoms with Gasteiger partial charge in [0.25, 0.3) is 0 Å². The molecule has 0 amide bonds. The van der Waals surface area contributed by atoms with Crippen molar-refractivity contribution in [2.75, 3.05) is 6.54 Å². The van der Waals surface area contributed by atoms with Gasteiger partial charge >= 0.3 is 0 Å². The fourth-order valence-corrected chi connectivity index (χ4v) is 3.43. The Morgan fingerprint density at radius 1 is 1.41 bits per heavy atom. The van der Waals surface area contributed by atoms with Gasteiger partial charge in [0.1, 0.15) is 0 Å². The van der Waals surface area contributed by atoms with Gasteiger partial charge in [0.05, 0.1) is 6.10 Å². The molecule has 1 saturated heterocycles. The summed E-state index contributed by atoms with van der Waals surface area (Å²) in [7, 11) is -1.64. The molecule has 0 spiro atoms. The molecule has 0 aromatic rings. The van der Waals surface area contributed by atoms with Crippen molar-refractivity contribution in [1.29, 1.82) is 0 Å². The first-order chi connectivity index (χ1) is 7.78. The molecule has 0 bridgehead atoms. The monoisotopic (exact) mass is 255 g/mol. The summed E-state index contributed by atoms with van der Waals surface area (Å²) in [5.41, 5.74) is 0. The van der Waals surface area contributed by atoms with Crippen molar-refractivity contribution in [2.45, 2.75) is 70.3 Å². The number of hydrogen-bond donors (Lipinski definition) is 1. The highest BCUT2D eigenvalue weighted by atomic mass is 28.4. The van der Waals surface area contributed by atoms with Crippen LogP contribution < -0.4 is 5.32 Å². The van der Waals surface area contributed by atoms with Crippen molar-refractivity contribution in [2.24, 2.45) is 0 Å². The van der Waals surface area contributed by atoms with Gasteiger partial charge in [-0.1, -0.05) is 26.8 Å². The predicted molar refractivity (Wildman–Crippen MR) is 77.9 cm³/mol. The molecule has 0 aromatic carbocycles. The molecule has 17 heavy (non-hydrogen) atoms. The van der Waals surface area contributed by atoms with Gasteiger partial charge < -0.3 is 9.74 Å². The Labute approximate surface area is 108 Å². The number of nitrogens with one attached hydrogen (secondary N) is 1. The summed E-state index contributed by atoms with van der Waals surface area (Å²) >= 11 is 0. The van der Waals surface area contributed by atoms with Gasteiger partial charge in [0.15, 0.2) is 8.32 Å². The maximum Gasteiger partial charge on any atom is 0.192 e. The van der Waals surface area contributed by atoms with Crippen LogP contribution in [0.25, 0.3) is 0 Å². The van der Waals surface area contributed by atoms with Crippen LogP contribution in [0.2, 0.25) is 18.1 Å². The summed E-state index contributed by atoms with van der Waals surface area (Å²) < 4.78 is 6.54. The molecule has 1 fully saturated rings. The van der Waals surface area contributed by atoms with Gasteiger partial charge in [-0.25, -0.2) is 0 Å². The molecule has 0 radical (unpaired) electrons. The van der Waals surface area contributed by atoms with Crippen LogP contribution in [0.4, 0.5) is 0 Å². The molecule has 0 aliphatic carbocycles. The Bertz CT molecular complexity index is 257. The van der Waals surface area contributed by atoms with Crippen LogP contribution in [0, 0.1) is 0 Å².